The van der Waals surface area contributed by atoms with Crippen molar-refractivity contribution in [1.29, 1.82) is 0 Å². The van der Waals surface area contributed by atoms with Crippen LogP contribution in [0.15, 0.2) is 35.1 Å². The number of nitrogens with two attached hydrogens (primary N) is 1. The molecule has 0 aliphatic heterocycles. The first-order chi connectivity index (χ1) is 8.63. The lowest BCUT2D eigenvalue weighted by Crippen LogP contribution is -1.86. The van der Waals surface area contributed by atoms with Crippen molar-refractivity contribution in [3.05, 3.63) is 40.9 Å². The van der Waals surface area contributed by atoms with Gasteiger partial charge in [-0.25, -0.2) is 9.37 Å². The van der Waals surface area contributed by atoms with Crippen LogP contribution in [-0.4, -0.2) is 15.0 Å². The van der Waals surface area contributed by atoms with Gasteiger partial charge in [-0.2, -0.15) is 0 Å². The van der Waals surface area contributed by atoms with Crippen molar-refractivity contribution in [2.45, 2.75) is 0 Å². The minimum absolute atomic E-state index is 0.401. The Kier molecular flexibility index (Phi) is 2.52. The summed E-state index contributed by atoms with van der Waals surface area (Å²) in [4.78, 5) is 11.2. The lowest BCUT2D eigenvalue weighted by Gasteiger charge is -1.94. The van der Waals surface area contributed by atoms with E-state index in [0.29, 0.717) is 22.6 Å². The summed E-state index contributed by atoms with van der Waals surface area (Å²) >= 11 is 3.36. The van der Waals surface area contributed by atoms with E-state index in [1.54, 1.807) is 12.3 Å². The molecule has 18 heavy (non-hydrogen) atoms. The van der Waals surface area contributed by atoms with E-state index < -0.39 is 5.82 Å². The van der Waals surface area contributed by atoms with E-state index in [2.05, 4.69) is 30.9 Å². The van der Waals surface area contributed by atoms with Crippen molar-refractivity contribution in [3.8, 4) is 11.4 Å². The molecule has 0 aliphatic carbocycles. The van der Waals surface area contributed by atoms with Crippen LogP contribution in [0.2, 0.25) is 0 Å². The number of pyridine rings is 1. The molecule has 0 unspecified atom stereocenters. The van der Waals surface area contributed by atoms with Crippen molar-refractivity contribution >= 4 is 32.7 Å². The standard InChI is InChI=1S/C12H8BrFN4/c13-7-2-9(15)11-10(3-7)17-12(18-11)6-1-8(14)5-16-4-6/h1-5H,15H2,(H,17,18). The third-order valence-electron chi connectivity index (χ3n) is 2.56. The fourth-order valence-corrected chi connectivity index (χ4v) is 2.26. The maximum atomic E-state index is 13.1. The zero-order valence-corrected chi connectivity index (χ0v) is 10.7. The van der Waals surface area contributed by atoms with E-state index in [4.69, 9.17) is 5.73 Å². The van der Waals surface area contributed by atoms with E-state index in [1.165, 1.54) is 6.07 Å². The molecule has 90 valence electrons. The average molecular weight is 307 g/mol. The molecule has 4 nitrogen and oxygen atoms in total. The Labute approximate surface area is 110 Å². The van der Waals surface area contributed by atoms with Crippen LogP contribution in [0.4, 0.5) is 10.1 Å². The molecule has 0 amide bonds. The SMILES string of the molecule is Nc1cc(Br)cc2[nH]c(-c3cncc(F)c3)nc12. The molecule has 6 heteroatoms. The highest BCUT2D eigenvalue weighted by molar-refractivity contribution is 9.10. The van der Waals surface area contributed by atoms with Gasteiger partial charge in [0.25, 0.3) is 0 Å². The maximum Gasteiger partial charge on any atom is 0.142 e. The van der Waals surface area contributed by atoms with Crippen molar-refractivity contribution in [1.82, 2.24) is 15.0 Å². The van der Waals surface area contributed by atoms with Gasteiger partial charge in [0.05, 0.1) is 17.4 Å². The number of nitrogens with zero attached hydrogens (tertiary/aromatic N) is 2. The number of nitrogens with one attached hydrogen (secondary N) is 1. The molecule has 0 aliphatic rings. The van der Waals surface area contributed by atoms with Crippen LogP contribution in [-0.2, 0) is 0 Å². The number of hydrogen-bond acceptors (Lipinski definition) is 3. The lowest BCUT2D eigenvalue weighted by atomic mass is 10.3. The molecule has 0 atom stereocenters. The Morgan fingerprint density at radius 3 is 2.83 bits per heavy atom. The summed E-state index contributed by atoms with van der Waals surface area (Å²) in [6.45, 7) is 0. The second-order valence-corrected chi connectivity index (χ2v) is 4.78. The minimum Gasteiger partial charge on any atom is -0.397 e. The molecule has 0 spiro atoms. The zero-order valence-electron chi connectivity index (χ0n) is 9.11. The summed E-state index contributed by atoms with van der Waals surface area (Å²) in [5.41, 5.74) is 8.48. The first-order valence-electron chi connectivity index (χ1n) is 5.19. The van der Waals surface area contributed by atoms with Gasteiger partial charge in [0.2, 0.25) is 0 Å². The van der Waals surface area contributed by atoms with Gasteiger partial charge in [-0.1, -0.05) is 15.9 Å². The van der Waals surface area contributed by atoms with Crippen molar-refractivity contribution in [3.63, 3.8) is 0 Å². The van der Waals surface area contributed by atoms with Gasteiger partial charge in [0, 0.05) is 16.2 Å². The number of nitrogen functional groups attached to an aromatic ring is 1. The van der Waals surface area contributed by atoms with E-state index in [1.807, 2.05) is 6.07 Å². The van der Waals surface area contributed by atoms with Crippen LogP contribution in [0.25, 0.3) is 22.4 Å². The highest BCUT2D eigenvalue weighted by atomic mass is 79.9. The van der Waals surface area contributed by atoms with Crippen LogP contribution < -0.4 is 5.73 Å². The number of aromatic nitrogens is 3. The van der Waals surface area contributed by atoms with Crippen molar-refractivity contribution in [2.75, 3.05) is 5.73 Å². The second kappa shape index (κ2) is 4.06. The summed E-state index contributed by atoms with van der Waals surface area (Å²) < 4.78 is 14.0. The molecule has 0 saturated heterocycles. The van der Waals surface area contributed by atoms with Crippen molar-refractivity contribution in [2.24, 2.45) is 0 Å². The minimum atomic E-state index is -0.401. The summed E-state index contributed by atoms with van der Waals surface area (Å²) in [5.74, 6) is 0.143. The Morgan fingerprint density at radius 2 is 2.06 bits per heavy atom. The van der Waals surface area contributed by atoms with Crippen LogP contribution >= 0.6 is 15.9 Å². The normalized spacial score (nSPS) is 11.0. The van der Waals surface area contributed by atoms with Gasteiger partial charge in [-0.05, 0) is 18.2 Å². The first kappa shape index (κ1) is 11.2. The Hall–Kier alpha value is -1.95. The monoisotopic (exact) mass is 306 g/mol. The summed E-state index contributed by atoms with van der Waals surface area (Å²) in [6, 6.07) is 5.02. The number of benzene rings is 1. The lowest BCUT2D eigenvalue weighted by molar-refractivity contribution is 0.622. The molecule has 2 aromatic heterocycles. The molecular formula is C12H8BrFN4. The average Bonchev–Trinajstić information content (AvgIpc) is 2.73. The molecule has 1 aromatic carbocycles. The van der Waals surface area contributed by atoms with Gasteiger partial charge >= 0.3 is 0 Å². The van der Waals surface area contributed by atoms with Gasteiger partial charge in [0.15, 0.2) is 0 Å². The second-order valence-electron chi connectivity index (χ2n) is 3.87. The molecule has 0 saturated carbocycles. The van der Waals surface area contributed by atoms with E-state index >= 15 is 0 Å². The van der Waals surface area contributed by atoms with Crippen LogP contribution in [0, 0.1) is 5.82 Å². The van der Waals surface area contributed by atoms with Crippen LogP contribution in [0.1, 0.15) is 0 Å². The van der Waals surface area contributed by atoms with E-state index in [0.717, 1.165) is 16.2 Å². The third-order valence-corrected chi connectivity index (χ3v) is 3.02. The predicted molar refractivity (Wildman–Crippen MR) is 71.4 cm³/mol. The molecule has 0 radical (unpaired) electrons. The molecular weight excluding hydrogens is 299 g/mol. The molecule has 0 bridgehead atoms. The highest BCUT2D eigenvalue weighted by Gasteiger charge is 2.09. The molecule has 3 rings (SSSR count). The topological polar surface area (TPSA) is 67.6 Å². The van der Waals surface area contributed by atoms with Gasteiger partial charge < -0.3 is 10.7 Å². The number of halogens is 2. The largest absolute Gasteiger partial charge is 0.397 e. The van der Waals surface area contributed by atoms with Gasteiger partial charge in [0.1, 0.15) is 17.2 Å². The molecule has 2 heterocycles. The fourth-order valence-electron chi connectivity index (χ4n) is 1.79. The quantitative estimate of drug-likeness (QED) is 0.679. The first-order valence-corrected chi connectivity index (χ1v) is 5.98. The predicted octanol–water partition coefficient (Wildman–Crippen LogP) is 3.11. The number of anilines is 1. The van der Waals surface area contributed by atoms with Crippen molar-refractivity contribution < 1.29 is 4.39 Å². The smallest absolute Gasteiger partial charge is 0.142 e. The van der Waals surface area contributed by atoms with Gasteiger partial charge in [-0.15, -0.1) is 0 Å². The zero-order chi connectivity index (χ0) is 12.7. The fraction of sp³-hybridized carbons (Fsp3) is 0. The van der Waals surface area contributed by atoms with Crippen LogP contribution in [0.3, 0.4) is 0 Å². The van der Waals surface area contributed by atoms with E-state index in [-0.39, 0.29) is 0 Å². The molecule has 3 N–H and O–H groups in total. The molecule has 3 aromatic rings. The third kappa shape index (κ3) is 1.84. The summed E-state index contributed by atoms with van der Waals surface area (Å²) in [5, 5.41) is 0. The maximum absolute atomic E-state index is 13.1. The Morgan fingerprint density at radius 1 is 1.22 bits per heavy atom. The van der Waals surface area contributed by atoms with Crippen LogP contribution in [0.5, 0.6) is 0 Å². The number of hydrogen-bond donors (Lipinski definition) is 2. The Balaban J connectivity index is 2.22. The number of H-pyrrole nitrogens is 1. The number of fused-ring (bicyclic) bond motifs is 1. The highest BCUT2D eigenvalue weighted by Crippen LogP contribution is 2.27. The number of aromatic amines is 1. The van der Waals surface area contributed by atoms with Gasteiger partial charge in [-0.3, -0.25) is 4.98 Å². The summed E-state index contributed by atoms with van der Waals surface area (Å²) in [6.07, 6.45) is 2.70. The summed E-state index contributed by atoms with van der Waals surface area (Å²) in [7, 11) is 0. The number of rotatable bonds is 1. The number of imidazole rings is 1. The Bertz CT molecular complexity index is 738. The molecule has 0 fully saturated rings. The van der Waals surface area contributed by atoms with E-state index in [9.17, 15) is 4.39 Å².